The van der Waals surface area contributed by atoms with Crippen LogP contribution in [0.25, 0.3) is 0 Å². The third kappa shape index (κ3) is 6.11. The number of hydrogen-bond donors (Lipinski definition) is 0. The van der Waals surface area contributed by atoms with Crippen molar-refractivity contribution in [2.45, 2.75) is 78.8 Å². The molecule has 0 atom stereocenters. The molecule has 0 N–H and O–H groups in total. The van der Waals surface area contributed by atoms with Crippen LogP contribution >= 0.6 is 0 Å². The molecule has 0 aromatic carbocycles. The molecule has 0 aromatic heterocycles. The smallest absolute Gasteiger partial charge is 0.413 e. The van der Waals surface area contributed by atoms with Crippen LogP contribution in [0.5, 0.6) is 0 Å². The summed E-state index contributed by atoms with van der Waals surface area (Å²) in [5.74, 6) is 0. The molecule has 1 fully saturated rings. The number of carbonyl (C=O) groups excluding carboxylic acids is 2. The Labute approximate surface area is 168 Å². The van der Waals surface area contributed by atoms with Gasteiger partial charge in [-0.25, -0.2) is 14.6 Å². The van der Waals surface area contributed by atoms with Gasteiger partial charge in [0.15, 0.2) is 0 Å². The predicted molar refractivity (Wildman–Crippen MR) is 109 cm³/mol. The summed E-state index contributed by atoms with van der Waals surface area (Å²) in [6.45, 7) is 13.7. The van der Waals surface area contributed by atoms with E-state index in [2.05, 4.69) is 13.0 Å². The lowest BCUT2D eigenvalue weighted by Gasteiger charge is -2.31. The maximum atomic E-state index is 12.7. The molecule has 1 saturated heterocycles. The van der Waals surface area contributed by atoms with E-state index in [1.807, 2.05) is 53.7 Å². The molecule has 7 nitrogen and oxygen atoms in total. The number of nitrogens with zero attached hydrogens (tertiary/aromatic N) is 3. The number of carbonyl (C=O) groups is 2. The molecule has 7 heteroatoms. The lowest BCUT2D eigenvalue weighted by molar-refractivity contribution is 0.00195. The standard InChI is InChI=1S/C21H33N3O4/c1-8-15-9-11-16(12-10-15)22-17-23(18(25)27-20(2,3)4)13-14-24(17)19(26)28-21(5,6)7/h9-11,17H,8,12-14H2,1-7H3/b22-16-. The molecule has 0 radical (unpaired) electrons. The lowest BCUT2D eigenvalue weighted by atomic mass is 10.0. The highest BCUT2D eigenvalue weighted by Gasteiger charge is 2.41. The monoisotopic (exact) mass is 391 g/mol. The molecular formula is C21H33N3O4. The zero-order valence-electron chi connectivity index (χ0n) is 18.1. The molecule has 1 aliphatic carbocycles. The van der Waals surface area contributed by atoms with Crippen LogP contribution in [0.15, 0.2) is 28.8 Å². The fourth-order valence-electron chi connectivity index (χ4n) is 2.85. The third-order valence-electron chi connectivity index (χ3n) is 4.15. The van der Waals surface area contributed by atoms with Crippen LogP contribution in [0.4, 0.5) is 9.59 Å². The summed E-state index contributed by atoms with van der Waals surface area (Å²) in [6.07, 6.45) is 5.95. The number of aliphatic imine (C=N–C) groups is 1. The fraction of sp³-hybridized carbons (Fsp3) is 0.667. The summed E-state index contributed by atoms with van der Waals surface area (Å²) in [4.78, 5) is 33.0. The number of ether oxygens (including phenoxy) is 2. The average molecular weight is 392 g/mol. The van der Waals surface area contributed by atoms with Crippen LogP contribution in [0, 0.1) is 0 Å². The molecule has 2 aliphatic rings. The molecule has 0 aromatic rings. The Morgan fingerprint density at radius 1 is 1.00 bits per heavy atom. The Hall–Kier alpha value is -2.31. The molecule has 1 heterocycles. The van der Waals surface area contributed by atoms with E-state index < -0.39 is 29.7 Å². The maximum Gasteiger partial charge on any atom is 0.413 e. The Balaban J connectivity index is 2.26. The summed E-state index contributed by atoms with van der Waals surface area (Å²) < 4.78 is 11.0. The summed E-state index contributed by atoms with van der Waals surface area (Å²) in [5.41, 5.74) is 0.805. The van der Waals surface area contributed by atoms with Crippen LogP contribution in [0.2, 0.25) is 0 Å². The Bertz CT molecular complexity index is 659. The molecule has 1 aliphatic heterocycles. The molecule has 0 bridgehead atoms. The molecule has 0 spiro atoms. The first-order chi connectivity index (χ1) is 12.9. The number of rotatable bonds is 2. The van der Waals surface area contributed by atoms with E-state index in [4.69, 9.17) is 14.5 Å². The van der Waals surface area contributed by atoms with E-state index in [9.17, 15) is 9.59 Å². The van der Waals surface area contributed by atoms with Crippen molar-refractivity contribution in [3.05, 3.63) is 23.8 Å². The van der Waals surface area contributed by atoms with Crippen LogP contribution in [-0.2, 0) is 9.47 Å². The quantitative estimate of drug-likeness (QED) is 0.695. The molecule has 0 saturated carbocycles. The minimum atomic E-state index is -0.777. The van der Waals surface area contributed by atoms with E-state index in [1.165, 1.54) is 15.4 Å². The lowest BCUT2D eigenvalue weighted by Crippen LogP contribution is -2.46. The molecular weight excluding hydrogens is 358 g/mol. The van der Waals surface area contributed by atoms with Crippen LogP contribution in [0.1, 0.15) is 61.3 Å². The highest BCUT2D eigenvalue weighted by Crippen LogP contribution is 2.24. The number of amides is 2. The van der Waals surface area contributed by atoms with Gasteiger partial charge in [0.05, 0.1) is 0 Å². The summed E-state index contributed by atoms with van der Waals surface area (Å²) in [7, 11) is 0. The van der Waals surface area contributed by atoms with Gasteiger partial charge in [-0.2, -0.15) is 0 Å². The average Bonchev–Trinajstić information content (AvgIpc) is 2.96. The van der Waals surface area contributed by atoms with Gasteiger partial charge >= 0.3 is 12.2 Å². The second-order valence-corrected chi connectivity index (χ2v) is 8.98. The van der Waals surface area contributed by atoms with Gasteiger partial charge in [0.2, 0.25) is 6.29 Å². The fourth-order valence-corrected chi connectivity index (χ4v) is 2.85. The van der Waals surface area contributed by atoms with Gasteiger partial charge in [0.1, 0.15) is 11.2 Å². The Morgan fingerprint density at radius 2 is 1.50 bits per heavy atom. The van der Waals surface area contributed by atoms with Crippen molar-refractivity contribution in [2.24, 2.45) is 4.99 Å². The first kappa shape index (κ1) is 22.0. The van der Waals surface area contributed by atoms with Crippen LogP contribution in [-0.4, -0.2) is 58.3 Å². The molecule has 28 heavy (non-hydrogen) atoms. The van der Waals surface area contributed by atoms with Crippen molar-refractivity contribution in [3.8, 4) is 0 Å². The molecule has 2 rings (SSSR count). The van der Waals surface area contributed by atoms with E-state index in [0.717, 1.165) is 12.1 Å². The van der Waals surface area contributed by atoms with Crippen molar-refractivity contribution in [1.82, 2.24) is 9.80 Å². The maximum absolute atomic E-state index is 12.7. The summed E-state index contributed by atoms with van der Waals surface area (Å²) >= 11 is 0. The topological polar surface area (TPSA) is 71.4 Å². The first-order valence-electron chi connectivity index (χ1n) is 9.82. The van der Waals surface area contributed by atoms with Crippen molar-refractivity contribution in [3.63, 3.8) is 0 Å². The molecule has 156 valence electrons. The van der Waals surface area contributed by atoms with Gasteiger partial charge in [-0.1, -0.05) is 24.6 Å². The van der Waals surface area contributed by atoms with E-state index in [1.54, 1.807) is 0 Å². The van der Waals surface area contributed by atoms with Gasteiger partial charge in [-0.15, -0.1) is 0 Å². The highest BCUT2D eigenvalue weighted by atomic mass is 16.6. The van der Waals surface area contributed by atoms with Crippen molar-refractivity contribution in [1.29, 1.82) is 0 Å². The van der Waals surface area contributed by atoms with Crippen LogP contribution < -0.4 is 0 Å². The van der Waals surface area contributed by atoms with Gasteiger partial charge in [0.25, 0.3) is 0 Å². The van der Waals surface area contributed by atoms with Gasteiger partial charge in [-0.3, -0.25) is 9.80 Å². The van der Waals surface area contributed by atoms with Gasteiger partial charge in [-0.05, 0) is 54.0 Å². The summed E-state index contributed by atoms with van der Waals surface area (Å²) in [5, 5.41) is 0. The molecule has 0 unspecified atom stereocenters. The minimum Gasteiger partial charge on any atom is -0.444 e. The Kier molecular flexibility index (Phi) is 6.57. The second-order valence-electron chi connectivity index (χ2n) is 8.98. The zero-order chi connectivity index (χ0) is 21.1. The largest absolute Gasteiger partial charge is 0.444 e. The van der Waals surface area contributed by atoms with Crippen molar-refractivity contribution >= 4 is 17.9 Å². The van der Waals surface area contributed by atoms with E-state index in [0.29, 0.717) is 19.5 Å². The predicted octanol–water partition coefficient (Wildman–Crippen LogP) is 4.50. The second kappa shape index (κ2) is 8.37. The SMILES string of the molecule is CCC1=CC/C(=N\C2N(C(=O)OC(C)(C)C)CCN2C(=O)OC(C)(C)C)C=C1. The minimum absolute atomic E-state index is 0.343. The van der Waals surface area contributed by atoms with Crippen molar-refractivity contribution in [2.75, 3.05) is 13.1 Å². The van der Waals surface area contributed by atoms with E-state index >= 15 is 0 Å². The van der Waals surface area contributed by atoms with Crippen LogP contribution in [0.3, 0.4) is 0 Å². The molecule has 2 amide bonds. The number of allylic oxidation sites excluding steroid dienone is 4. The normalized spacial score (nSPS) is 19.8. The van der Waals surface area contributed by atoms with E-state index in [-0.39, 0.29) is 0 Å². The first-order valence-corrected chi connectivity index (χ1v) is 9.82. The zero-order valence-corrected chi connectivity index (χ0v) is 18.1. The number of hydrogen-bond acceptors (Lipinski definition) is 5. The summed E-state index contributed by atoms with van der Waals surface area (Å²) in [6, 6.07) is 0. The Morgan fingerprint density at radius 3 is 1.86 bits per heavy atom. The van der Waals surface area contributed by atoms with Crippen molar-refractivity contribution < 1.29 is 19.1 Å². The third-order valence-corrected chi connectivity index (χ3v) is 4.15. The van der Waals surface area contributed by atoms with Gasteiger partial charge < -0.3 is 9.47 Å². The van der Waals surface area contributed by atoms with Gasteiger partial charge in [0, 0.05) is 25.2 Å². The highest BCUT2D eigenvalue weighted by molar-refractivity contribution is 5.98.